The minimum atomic E-state index is -3.77. The first-order valence-electron chi connectivity index (χ1n) is 10.0. The zero-order valence-corrected chi connectivity index (χ0v) is 18.9. The number of sulfonamides is 1. The smallest absolute Gasteiger partial charge is 0.241 e. The summed E-state index contributed by atoms with van der Waals surface area (Å²) in [6.45, 7) is 6.95. The van der Waals surface area contributed by atoms with Gasteiger partial charge in [0.15, 0.2) is 0 Å². The molecule has 1 aliphatic rings. The minimum Gasteiger partial charge on any atom is -0.241 e. The van der Waals surface area contributed by atoms with Crippen LogP contribution in [0.5, 0.6) is 0 Å². The van der Waals surface area contributed by atoms with Gasteiger partial charge in [0.05, 0.1) is 15.3 Å². The number of aromatic nitrogens is 1. The van der Waals surface area contributed by atoms with E-state index in [-0.39, 0.29) is 9.79 Å². The third-order valence-electron chi connectivity index (χ3n) is 5.71. The van der Waals surface area contributed by atoms with Crippen molar-refractivity contribution >= 4 is 30.9 Å². The van der Waals surface area contributed by atoms with Crippen LogP contribution in [-0.2, 0) is 20.0 Å². The number of nitrogens with zero attached hydrogens (tertiary/aromatic N) is 2. The Balaban J connectivity index is 1.79. The minimum absolute atomic E-state index is 0.190. The fraction of sp³-hybridized carbons (Fsp3) is 0.364. The molecule has 1 fully saturated rings. The number of benzene rings is 2. The van der Waals surface area contributed by atoms with Gasteiger partial charge in [0, 0.05) is 24.7 Å². The fourth-order valence-electron chi connectivity index (χ4n) is 4.35. The third kappa shape index (κ3) is 3.57. The molecule has 0 N–H and O–H groups in total. The quantitative estimate of drug-likeness (QED) is 0.610. The Labute approximate surface area is 178 Å². The molecule has 1 saturated heterocycles. The molecule has 0 aliphatic carbocycles. The Morgan fingerprint density at radius 1 is 0.833 bits per heavy atom. The highest BCUT2D eigenvalue weighted by atomic mass is 32.2. The second-order valence-electron chi connectivity index (χ2n) is 8.37. The van der Waals surface area contributed by atoms with Crippen LogP contribution in [0.15, 0.2) is 64.5 Å². The lowest BCUT2D eigenvalue weighted by atomic mass is 9.94. The van der Waals surface area contributed by atoms with E-state index in [9.17, 15) is 16.8 Å². The highest BCUT2D eigenvalue weighted by Crippen LogP contribution is 2.31. The first kappa shape index (κ1) is 21.1. The van der Waals surface area contributed by atoms with Crippen molar-refractivity contribution in [3.8, 4) is 0 Å². The van der Waals surface area contributed by atoms with Crippen molar-refractivity contribution in [2.45, 2.75) is 37.0 Å². The monoisotopic (exact) mass is 446 g/mol. The molecular weight excluding hydrogens is 420 g/mol. The lowest BCUT2D eigenvalue weighted by Crippen LogP contribution is -2.42. The van der Waals surface area contributed by atoms with Crippen LogP contribution in [0.4, 0.5) is 0 Å². The van der Waals surface area contributed by atoms with Crippen LogP contribution in [0.3, 0.4) is 0 Å². The Kier molecular flexibility index (Phi) is 5.28. The third-order valence-corrected chi connectivity index (χ3v) is 9.23. The number of hydrogen-bond donors (Lipinski definition) is 0. The zero-order chi connectivity index (χ0) is 21.7. The van der Waals surface area contributed by atoms with Gasteiger partial charge in [-0.15, -0.1) is 0 Å². The fourth-order valence-corrected chi connectivity index (χ4v) is 7.50. The molecule has 1 aromatic heterocycles. The summed E-state index contributed by atoms with van der Waals surface area (Å²) in [6, 6.07) is 12.9. The van der Waals surface area contributed by atoms with Gasteiger partial charge in [-0.25, -0.2) is 20.8 Å². The summed E-state index contributed by atoms with van der Waals surface area (Å²) in [5, 5.41) is 0.619. The molecule has 6 nitrogen and oxygen atoms in total. The number of rotatable bonds is 4. The summed E-state index contributed by atoms with van der Waals surface area (Å²) in [7, 11) is -7.41. The summed E-state index contributed by atoms with van der Waals surface area (Å²) < 4.78 is 55.5. The predicted molar refractivity (Wildman–Crippen MR) is 117 cm³/mol. The molecule has 2 atom stereocenters. The average molecular weight is 447 g/mol. The van der Waals surface area contributed by atoms with Gasteiger partial charge in [0.25, 0.3) is 10.0 Å². The predicted octanol–water partition coefficient (Wildman–Crippen LogP) is 3.85. The van der Waals surface area contributed by atoms with Gasteiger partial charge in [-0.1, -0.05) is 32.0 Å². The maximum atomic E-state index is 13.3. The summed E-state index contributed by atoms with van der Waals surface area (Å²) in [4.78, 5) is 0.393. The average Bonchev–Trinajstić information content (AvgIpc) is 3.05. The molecule has 0 amide bonds. The van der Waals surface area contributed by atoms with Crippen molar-refractivity contribution in [3.05, 3.63) is 60.3 Å². The summed E-state index contributed by atoms with van der Waals surface area (Å²) in [5.41, 5.74) is 1.18. The largest absolute Gasteiger partial charge is 0.268 e. The van der Waals surface area contributed by atoms with Crippen molar-refractivity contribution < 1.29 is 16.8 Å². The summed E-state index contributed by atoms with van der Waals surface area (Å²) >= 11 is 0. The van der Waals surface area contributed by atoms with E-state index in [1.807, 2.05) is 0 Å². The lowest BCUT2D eigenvalue weighted by molar-refractivity contribution is 0.222. The van der Waals surface area contributed by atoms with Crippen LogP contribution in [-0.4, -0.2) is 38.2 Å². The van der Waals surface area contributed by atoms with Crippen LogP contribution in [0.1, 0.15) is 25.8 Å². The molecule has 0 saturated carbocycles. The van der Waals surface area contributed by atoms with Crippen molar-refractivity contribution in [1.82, 2.24) is 8.28 Å². The molecule has 2 heterocycles. The van der Waals surface area contributed by atoms with Crippen molar-refractivity contribution in [3.63, 3.8) is 0 Å². The van der Waals surface area contributed by atoms with Gasteiger partial charge in [-0.2, -0.15) is 4.31 Å². The highest BCUT2D eigenvalue weighted by Gasteiger charge is 2.32. The highest BCUT2D eigenvalue weighted by molar-refractivity contribution is 7.90. The molecule has 160 valence electrons. The van der Waals surface area contributed by atoms with Crippen LogP contribution in [0.25, 0.3) is 10.9 Å². The molecule has 0 spiro atoms. The molecule has 8 heteroatoms. The van der Waals surface area contributed by atoms with Crippen molar-refractivity contribution in [2.24, 2.45) is 11.8 Å². The second-order valence-corrected chi connectivity index (χ2v) is 12.1. The van der Waals surface area contributed by atoms with Gasteiger partial charge in [0.1, 0.15) is 0 Å². The van der Waals surface area contributed by atoms with Gasteiger partial charge in [0.2, 0.25) is 10.0 Å². The standard InChI is InChI=1S/C22H26N2O4S2/c1-16-11-17(2)14-23(13-16)29(25,26)20-9-10-22-21(12-20)18(3)15-24(22)30(27,28)19-7-5-4-6-8-19/h4-10,12,15-17H,11,13-14H2,1-3H3. The Morgan fingerprint density at radius 3 is 2.10 bits per heavy atom. The zero-order valence-electron chi connectivity index (χ0n) is 17.3. The maximum Gasteiger partial charge on any atom is 0.268 e. The van der Waals surface area contributed by atoms with E-state index >= 15 is 0 Å². The number of hydrogen-bond acceptors (Lipinski definition) is 4. The van der Waals surface area contributed by atoms with Gasteiger partial charge >= 0.3 is 0 Å². The normalized spacial score (nSPS) is 21.2. The van der Waals surface area contributed by atoms with E-state index in [2.05, 4.69) is 13.8 Å². The second kappa shape index (κ2) is 7.51. The van der Waals surface area contributed by atoms with E-state index < -0.39 is 20.0 Å². The summed E-state index contributed by atoms with van der Waals surface area (Å²) in [6.07, 6.45) is 2.57. The topological polar surface area (TPSA) is 76.5 Å². The molecule has 2 unspecified atom stereocenters. The number of aryl methyl sites for hydroxylation is 1. The maximum absolute atomic E-state index is 13.3. The van der Waals surface area contributed by atoms with Gasteiger partial charge in [-0.3, -0.25) is 0 Å². The molecular formula is C22H26N2O4S2. The van der Waals surface area contributed by atoms with Crippen LogP contribution >= 0.6 is 0 Å². The number of fused-ring (bicyclic) bond motifs is 1. The Morgan fingerprint density at radius 2 is 1.47 bits per heavy atom. The van der Waals surface area contributed by atoms with Gasteiger partial charge in [-0.05, 0) is 61.1 Å². The molecule has 3 aromatic rings. The lowest BCUT2D eigenvalue weighted by Gasteiger charge is -2.34. The van der Waals surface area contributed by atoms with E-state index in [1.54, 1.807) is 59.9 Å². The molecule has 0 bridgehead atoms. The van der Waals surface area contributed by atoms with E-state index in [0.29, 0.717) is 41.4 Å². The van der Waals surface area contributed by atoms with Crippen molar-refractivity contribution in [1.29, 1.82) is 0 Å². The first-order valence-corrected chi connectivity index (χ1v) is 12.9. The molecule has 2 aromatic carbocycles. The summed E-state index contributed by atoms with van der Waals surface area (Å²) in [5.74, 6) is 0.622. The van der Waals surface area contributed by atoms with Crippen LogP contribution in [0.2, 0.25) is 0 Å². The number of piperidine rings is 1. The molecule has 1 aliphatic heterocycles. The molecule has 0 radical (unpaired) electrons. The SMILES string of the molecule is Cc1cn(S(=O)(=O)c2ccccc2)c2ccc(S(=O)(=O)N3CC(C)CC(C)C3)cc12. The van der Waals surface area contributed by atoms with E-state index in [0.717, 1.165) is 6.42 Å². The van der Waals surface area contributed by atoms with Crippen LogP contribution in [0, 0.1) is 18.8 Å². The van der Waals surface area contributed by atoms with E-state index in [1.165, 1.54) is 10.0 Å². The molecule has 30 heavy (non-hydrogen) atoms. The Hall–Kier alpha value is -2.16. The van der Waals surface area contributed by atoms with Crippen molar-refractivity contribution in [2.75, 3.05) is 13.1 Å². The van der Waals surface area contributed by atoms with E-state index in [4.69, 9.17) is 0 Å². The first-order chi connectivity index (χ1) is 14.1. The Bertz CT molecular complexity index is 1290. The van der Waals surface area contributed by atoms with Crippen LogP contribution < -0.4 is 0 Å². The molecule has 4 rings (SSSR count). The van der Waals surface area contributed by atoms with Gasteiger partial charge < -0.3 is 0 Å².